The lowest BCUT2D eigenvalue weighted by Crippen LogP contribution is -2.14. The summed E-state index contributed by atoms with van der Waals surface area (Å²) in [5, 5.41) is 8.63. The Morgan fingerprint density at radius 1 is 1.11 bits per heavy atom. The molecule has 28 heavy (non-hydrogen) atoms. The summed E-state index contributed by atoms with van der Waals surface area (Å²) in [6.45, 7) is 5.62. The molecule has 0 bridgehead atoms. The van der Waals surface area contributed by atoms with Gasteiger partial charge in [0.05, 0.1) is 16.7 Å². The zero-order chi connectivity index (χ0) is 20.5. The third-order valence-electron chi connectivity index (χ3n) is 4.07. The van der Waals surface area contributed by atoms with Crippen molar-refractivity contribution in [2.45, 2.75) is 31.8 Å². The molecule has 0 saturated carbocycles. The summed E-state index contributed by atoms with van der Waals surface area (Å²) in [6.07, 6.45) is 0.00654. The fraction of sp³-hybridized carbons (Fsp3) is 0.263. The number of nitrogens with one attached hydrogen (secondary N) is 1. The molecule has 0 aliphatic rings. The Morgan fingerprint density at radius 3 is 2.36 bits per heavy atom. The molecule has 0 atom stereocenters. The highest BCUT2D eigenvalue weighted by Crippen LogP contribution is 2.31. The molecule has 0 aliphatic carbocycles. The topological polar surface area (TPSA) is 86.1 Å². The number of benzene rings is 2. The number of halogens is 1. The van der Waals surface area contributed by atoms with Crippen molar-refractivity contribution in [3.05, 3.63) is 53.3 Å². The van der Waals surface area contributed by atoms with Gasteiger partial charge < -0.3 is 9.30 Å². The SMILES string of the molecule is Cc1nnc(-c2cc(Cl)ccc2NS(=O)(=O)c2ccc(OC(C)C)cc2)n1C. The van der Waals surface area contributed by atoms with E-state index >= 15 is 0 Å². The summed E-state index contributed by atoms with van der Waals surface area (Å²) in [7, 11) is -2.01. The van der Waals surface area contributed by atoms with E-state index < -0.39 is 10.0 Å². The molecule has 7 nitrogen and oxygen atoms in total. The van der Waals surface area contributed by atoms with Crippen molar-refractivity contribution in [3.63, 3.8) is 0 Å². The summed E-state index contributed by atoms with van der Waals surface area (Å²) in [4.78, 5) is 0.124. The first-order chi connectivity index (χ1) is 13.2. The van der Waals surface area contributed by atoms with Crippen LogP contribution in [0.3, 0.4) is 0 Å². The summed E-state index contributed by atoms with van der Waals surface area (Å²) >= 11 is 6.12. The molecule has 2 aromatic carbocycles. The van der Waals surface area contributed by atoms with Crippen molar-refractivity contribution >= 4 is 27.3 Å². The van der Waals surface area contributed by atoms with E-state index in [0.717, 1.165) is 0 Å². The Morgan fingerprint density at radius 2 is 1.79 bits per heavy atom. The molecule has 9 heteroatoms. The first-order valence-electron chi connectivity index (χ1n) is 8.63. The number of sulfonamides is 1. The largest absolute Gasteiger partial charge is 0.491 e. The predicted octanol–water partition coefficient (Wildman–Crippen LogP) is 4.03. The Balaban J connectivity index is 1.96. The fourth-order valence-corrected chi connectivity index (χ4v) is 3.86. The molecule has 0 saturated heterocycles. The van der Waals surface area contributed by atoms with Crippen LogP contribution in [0.25, 0.3) is 11.4 Å². The Hall–Kier alpha value is -2.58. The van der Waals surface area contributed by atoms with Crippen LogP contribution in [0.1, 0.15) is 19.7 Å². The van der Waals surface area contributed by atoms with Crippen molar-refractivity contribution in [2.75, 3.05) is 4.72 Å². The van der Waals surface area contributed by atoms with E-state index in [1.54, 1.807) is 41.9 Å². The molecule has 1 N–H and O–H groups in total. The van der Waals surface area contributed by atoms with Crippen LogP contribution >= 0.6 is 11.6 Å². The van der Waals surface area contributed by atoms with Crippen molar-refractivity contribution in [2.24, 2.45) is 7.05 Å². The zero-order valence-corrected chi connectivity index (χ0v) is 17.5. The smallest absolute Gasteiger partial charge is 0.261 e. The van der Waals surface area contributed by atoms with Crippen LogP contribution in [0.4, 0.5) is 5.69 Å². The van der Waals surface area contributed by atoms with Gasteiger partial charge in [-0.25, -0.2) is 8.42 Å². The minimum Gasteiger partial charge on any atom is -0.491 e. The van der Waals surface area contributed by atoms with Gasteiger partial charge in [-0.3, -0.25) is 4.72 Å². The van der Waals surface area contributed by atoms with Crippen molar-refractivity contribution < 1.29 is 13.2 Å². The Kier molecular flexibility index (Phi) is 5.62. The molecular weight excluding hydrogens is 400 g/mol. The second-order valence-electron chi connectivity index (χ2n) is 6.56. The van der Waals surface area contributed by atoms with Gasteiger partial charge in [-0.2, -0.15) is 0 Å². The summed E-state index contributed by atoms with van der Waals surface area (Å²) in [6, 6.07) is 11.1. The summed E-state index contributed by atoms with van der Waals surface area (Å²) < 4.78 is 35.7. The van der Waals surface area contributed by atoms with E-state index in [1.807, 2.05) is 20.8 Å². The maximum Gasteiger partial charge on any atom is 0.261 e. The number of rotatable bonds is 6. The van der Waals surface area contributed by atoms with E-state index in [1.165, 1.54) is 12.1 Å². The maximum atomic E-state index is 12.9. The second-order valence-corrected chi connectivity index (χ2v) is 8.68. The molecule has 3 rings (SSSR count). The van der Waals surface area contributed by atoms with Crippen LogP contribution < -0.4 is 9.46 Å². The minimum atomic E-state index is -3.81. The molecular formula is C19H21ClN4O3S. The monoisotopic (exact) mass is 420 g/mol. The average Bonchev–Trinajstić information content (AvgIpc) is 2.95. The maximum absolute atomic E-state index is 12.9. The van der Waals surface area contributed by atoms with E-state index in [4.69, 9.17) is 16.3 Å². The van der Waals surface area contributed by atoms with Gasteiger partial charge in [0.15, 0.2) is 5.82 Å². The molecule has 0 spiro atoms. The standard InChI is InChI=1S/C19H21ClN4O3S/c1-12(2)27-15-6-8-16(9-7-15)28(25,26)23-18-10-5-14(20)11-17(18)19-22-21-13(3)24(19)4/h5-12,23H,1-4H3. The van der Waals surface area contributed by atoms with Gasteiger partial charge in [0.25, 0.3) is 10.0 Å². The van der Waals surface area contributed by atoms with Crippen LogP contribution in [-0.2, 0) is 17.1 Å². The molecule has 3 aromatic rings. The molecule has 148 valence electrons. The van der Waals surface area contributed by atoms with Crippen molar-refractivity contribution in [1.29, 1.82) is 0 Å². The van der Waals surface area contributed by atoms with E-state index in [-0.39, 0.29) is 11.0 Å². The number of nitrogens with zero attached hydrogens (tertiary/aromatic N) is 3. The first kappa shape index (κ1) is 20.2. The van der Waals surface area contributed by atoms with Crippen molar-refractivity contribution in [1.82, 2.24) is 14.8 Å². The molecule has 1 heterocycles. The predicted molar refractivity (Wildman–Crippen MR) is 109 cm³/mol. The lowest BCUT2D eigenvalue weighted by atomic mass is 10.1. The lowest BCUT2D eigenvalue weighted by molar-refractivity contribution is 0.242. The third-order valence-corrected chi connectivity index (χ3v) is 5.68. The van der Waals surface area contributed by atoms with E-state index in [0.29, 0.717) is 33.7 Å². The number of aromatic nitrogens is 3. The Labute approximate surface area is 169 Å². The van der Waals surface area contributed by atoms with E-state index in [2.05, 4.69) is 14.9 Å². The van der Waals surface area contributed by atoms with Gasteiger partial charge in [-0.15, -0.1) is 10.2 Å². The lowest BCUT2D eigenvalue weighted by Gasteiger charge is -2.14. The van der Waals surface area contributed by atoms with Crippen LogP contribution in [0, 0.1) is 6.92 Å². The molecule has 0 fully saturated rings. The number of aryl methyl sites for hydroxylation is 1. The fourth-order valence-electron chi connectivity index (χ4n) is 2.61. The number of hydrogen-bond acceptors (Lipinski definition) is 5. The van der Waals surface area contributed by atoms with E-state index in [9.17, 15) is 8.42 Å². The minimum absolute atomic E-state index is 0.00654. The molecule has 0 unspecified atom stereocenters. The normalized spacial score (nSPS) is 11.6. The van der Waals surface area contributed by atoms with Crippen LogP contribution in [-0.4, -0.2) is 29.3 Å². The molecule has 1 aromatic heterocycles. The van der Waals surface area contributed by atoms with Crippen LogP contribution in [0.5, 0.6) is 5.75 Å². The molecule has 0 amide bonds. The van der Waals surface area contributed by atoms with Gasteiger partial charge in [-0.05, 0) is 63.2 Å². The second kappa shape index (κ2) is 7.81. The summed E-state index contributed by atoms with van der Waals surface area (Å²) in [5.41, 5.74) is 0.904. The van der Waals surface area contributed by atoms with Gasteiger partial charge in [0.1, 0.15) is 11.6 Å². The highest BCUT2D eigenvalue weighted by Gasteiger charge is 2.19. The highest BCUT2D eigenvalue weighted by molar-refractivity contribution is 7.92. The van der Waals surface area contributed by atoms with Crippen LogP contribution in [0.15, 0.2) is 47.4 Å². The molecule has 0 aliphatic heterocycles. The summed E-state index contributed by atoms with van der Waals surface area (Å²) in [5.74, 6) is 1.82. The van der Waals surface area contributed by atoms with Gasteiger partial charge in [-0.1, -0.05) is 11.6 Å². The molecule has 0 radical (unpaired) electrons. The average molecular weight is 421 g/mol. The van der Waals surface area contributed by atoms with Gasteiger partial charge >= 0.3 is 0 Å². The number of hydrogen-bond donors (Lipinski definition) is 1. The number of anilines is 1. The first-order valence-corrected chi connectivity index (χ1v) is 10.5. The number of ether oxygens (including phenoxy) is 1. The van der Waals surface area contributed by atoms with Gasteiger partial charge in [0, 0.05) is 17.6 Å². The quantitative estimate of drug-likeness (QED) is 0.650. The Bertz CT molecular complexity index is 1090. The highest BCUT2D eigenvalue weighted by atomic mass is 35.5. The van der Waals surface area contributed by atoms with Crippen LogP contribution in [0.2, 0.25) is 5.02 Å². The zero-order valence-electron chi connectivity index (χ0n) is 16.0. The third kappa shape index (κ3) is 4.28. The van der Waals surface area contributed by atoms with Crippen molar-refractivity contribution in [3.8, 4) is 17.1 Å². The van der Waals surface area contributed by atoms with Gasteiger partial charge in [0.2, 0.25) is 0 Å².